The van der Waals surface area contributed by atoms with Gasteiger partial charge in [-0.1, -0.05) is 19.8 Å². The van der Waals surface area contributed by atoms with Crippen LogP contribution in [0.3, 0.4) is 0 Å². The van der Waals surface area contributed by atoms with Crippen molar-refractivity contribution in [2.45, 2.75) is 91.5 Å². The smallest absolute Gasteiger partial charge is 0.326 e. The Morgan fingerprint density at radius 3 is 2.58 bits per heavy atom. The number of aromatic nitrogens is 4. The van der Waals surface area contributed by atoms with Gasteiger partial charge in [-0.2, -0.15) is 0 Å². The molecule has 3 N–H and O–H groups in total. The minimum atomic E-state index is -3.78. The number of carbonyl (C=O) groups excluding carboxylic acids is 2. The fourth-order valence-corrected chi connectivity index (χ4v) is 5.44. The lowest BCUT2D eigenvalue weighted by Crippen LogP contribution is -2.47. The van der Waals surface area contributed by atoms with Crippen LogP contribution in [0.1, 0.15) is 67.2 Å². The van der Waals surface area contributed by atoms with Crippen LogP contribution in [0.2, 0.25) is 0 Å². The fraction of sp³-hybridized carbons (Fsp3) is 0.708. The molecule has 0 saturated heterocycles. The molecule has 0 fully saturated rings. The molecule has 0 aromatic carbocycles. The zero-order valence-corrected chi connectivity index (χ0v) is 24.0. The van der Waals surface area contributed by atoms with Crippen molar-refractivity contribution in [3.63, 3.8) is 0 Å². The van der Waals surface area contributed by atoms with Crippen LogP contribution in [-0.2, 0) is 39.4 Å². The van der Waals surface area contributed by atoms with Crippen molar-refractivity contribution in [2.75, 3.05) is 25.3 Å². The zero-order chi connectivity index (χ0) is 28.3. The first-order valence-corrected chi connectivity index (χ1v) is 14.6. The first kappa shape index (κ1) is 31.6. The van der Waals surface area contributed by atoms with E-state index in [1.54, 1.807) is 45.5 Å². The molecule has 2 unspecified atom stereocenters. The number of unbranched alkanes of at least 4 members (excludes halogenated alkanes) is 2. The molecule has 38 heavy (non-hydrogen) atoms. The minimum Gasteiger partial charge on any atom is -0.464 e. The Kier molecular flexibility index (Phi) is 12.1. The Labute approximate surface area is 223 Å². The number of nitrogens with two attached hydrogens (primary N) is 1. The maximum absolute atomic E-state index is 13.8. The summed E-state index contributed by atoms with van der Waals surface area (Å²) in [4.78, 5) is 37.0. The normalized spacial score (nSPS) is 14.4. The molecular weight excluding hydrogens is 515 g/mol. The van der Waals surface area contributed by atoms with Crippen LogP contribution in [0.4, 0.5) is 5.82 Å². The monoisotopic (exact) mass is 556 g/mol. The van der Waals surface area contributed by atoms with E-state index in [9.17, 15) is 14.2 Å². The number of nitrogens with zero attached hydrogens (tertiary/aromatic N) is 4. The molecule has 2 rings (SSSR count). The molecule has 2 atom stereocenters. The highest BCUT2D eigenvalue weighted by Crippen LogP contribution is 2.45. The minimum absolute atomic E-state index is 0.108. The molecule has 214 valence electrons. The number of imidazole rings is 1. The molecule has 0 saturated carbocycles. The summed E-state index contributed by atoms with van der Waals surface area (Å²) in [6.07, 6.45) is 4.40. The number of anilines is 1. The van der Waals surface area contributed by atoms with Crippen molar-refractivity contribution in [2.24, 2.45) is 0 Å². The highest BCUT2D eigenvalue weighted by atomic mass is 31.2. The van der Waals surface area contributed by atoms with Gasteiger partial charge in [-0.15, -0.1) is 0 Å². The molecule has 0 aliphatic heterocycles. The average molecular weight is 557 g/mol. The third-order valence-electron chi connectivity index (χ3n) is 5.33. The second-order valence-electron chi connectivity index (χ2n) is 9.81. The van der Waals surface area contributed by atoms with Crippen LogP contribution < -0.4 is 10.8 Å². The molecule has 2 heterocycles. The van der Waals surface area contributed by atoms with Gasteiger partial charge in [0.05, 0.1) is 44.7 Å². The standard InChI is InChI=1S/C24H41N6O7P/c1-7-8-9-11-34-23(32)24(5,6)29-38(33,36-12-10-19(31)37-17(2)3)16-35-18(4)13-30-15-28-20-21(25)26-14-27-22(20)30/h14-15,17-18H,7-13,16H2,1-6H3,(H,29,33)(H2,25,26,27). The molecule has 0 spiro atoms. The Balaban J connectivity index is 2.06. The Morgan fingerprint density at radius 1 is 1.16 bits per heavy atom. The molecule has 0 aliphatic rings. The summed E-state index contributed by atoms with van der Waals surface area (Å²) < 4.78 is 37.5. The SMILES string of the molecule is CCCCCOC(=O)C(C)(C)NP(=O)(COC(C)Cn1cnc2c(N)ncnc21)OCCC(=O)OC(C)C. The number of hydrogen-bond donors (Lipinski definition) is 2. The second-order valence-corrected chi connectivity index (χ2v) is 11.9. The van der Waals surface area contributed by atoms with Crippen molar-refractivity contribution in [1.82, 2.24) is 24.6 Å². The number of nitrogens with one attached hydrogen (secondary N) is 1. The van der Waals surface area contributed by atoms with Gasteiger partial charge in [-0.3, -0.25) is 14.2 Å². The number of esters is 2. The third-order valence-corrected chi connectivity index (χ3v) is 7.32. The lowest BCUT2D eigenvalue weighted by atomic mass is 10.1. The summed E-state index contributed by atoms with van der Waals surface area (Å²) in [6, 6.07) is 0. The van der Waals surface area contributed by atoms with Crippen LogP contribution in [0.5, 0.6) is 0 Å². The quantitative estimate of drug-likeness (QED) is 0.166. The maximum atomic E-state index is 13.8. The van der Waals surface area contributed by atoms with Crippen LogP contribution in [0.15, 0.2) is 12.7 Å². The Morgan fingerprint density at radius 2 is 1.89 bits per heavy atom. The Hall–Kier alpha value is -2.60. The molecule has 0 amide bonds. The van der Waals surface area contributed by atoms with Gasteiger partial charge in [-0.25, -0.2) is 20.0 Å². The van der Waals surface area contributed by atoms with Gasteiger partial charge in [0.25, 0.3) is 7.52 Å². The summed E-state index contributed by atoms with van der Waals surface area (Å²) in [5.74, 6) is -0.778. The number of carbonyl (C=O) groups is 2. The van der Waals surface area contributed by atoms with E-state index in [2.05, 4.69) is 27.0 Å². The summed E-state index contributed by atoms with van der Waals surface area (Å²) in [7, 11) is -3.78. The zero-order valence-electron chi connectivity index (χ0n) is 23.1. The van der Waals surface area contributed by atoms with E-state index in [1.807, 2.05) is 0 Å². The number of nitrogen functional groups attached to an aromatic ring is 1. The number of fused-ring (bicyclic) bond motifs is 1. The van der Waals surface area contributed by atoms with E-state index in [4.69, 9.17) is 24.5 Å². The average Bonchev–Trinajstić information content (AvgIpc) is 3.23. The van der Waals surface area contributed by atoms with Crippen molar-refractivity contribution < 1.29 is 32.9 Å². The number of rotatable bonds is 17. The van der Waals surface area contributed by atoms with Gasteiger partial charge in [0.15, 0.2) is 11.5 Å². The first-order valence-electron chi connectivity index (χ1n) is 12.8. The van der Waals surface area contributed by atoms with Gasteiger partial charge in [0, 0.05) is 0 Å². The van der Waals surface area contributed by atoms with Crippen molar-refractivity contribution in [3.05, 3.63) is 12.7 Å². The van der Waals surface area contributed by atoms with E-state index in [0.29, 0.717) is 17.7 Å². The Bertz CT molecular complexity index is 1110. The third kappa shape index (κ3) is 9.94. The van der Waals surface area contributed by atoms with E-state index >= 15 is 0 Å². The van der Waals surface area contributed by atoms with Gasteiger partial charge in [0.1, 0.15) is 23.7 Å². The van der Waals surface area contributed by atoms with Crippen LogP contribution in [0, 0.1) is 0 Å². The lowest BCUT2D eigenvalue weighted by Gasteiger charge is -2.30. The van der Waals surface area contributed by atoms with E-state index in [0.717, 1.165) is 19.3 Å². The second kappa shape index (κ2) is 14.5. The summed E-state index contributed by atoms with van der Waals surface area (Å²) >= 11 is 0. The van der Waals surface area contributed by atoms with Crippen molar-refractivity contribution >= 4 is 36.4 Å². The van der Waals surface area contributed by atoms with Crippen LogP contribution in [0.25, 0.3) is 11.2 Å². The van der Waals surface area contributed by atoms with E-state index in [1.165, 1.54) is 6.33 Å². The van der Waals surface area contributed by atoms with E-state index in [-0.39, 0.29) is 37.9 Å². The largest absolute Gasteiger partial charge is 0.464 e. The van der Waals surface area contributed by atoms with Crippen molar-refractivity contribution in [1.29, 1.82) is 0 Å². The summed E-state index contributed by atoms with van der Waals surface area (Å²) in [5, 5.41) is 2.80. The maximum Gasteiger partial charge on any atom is 0.326 e. The molecule has 14 heteroatoms. The number of hydrogen-bond acceptors (Lipinski definition) is 11. The van der Waals surface area contributed by atoms with Gasteiger partial charge in [0.2, 0.25) is 0 Å². The summed E-state index contributed by atoms with van der Waals surface area (Å²) in [5.41, 5.74) is 5.53. The lowest BCUT2D eigenvalue weighted by molar-refractivity contribution is -0.150. The molecule has 0 bridgehead atoms. The van der Waals surface area contributed by atoms with Crippen LogP contribution >= 0.6 is 7.52 Å². The molecule has 0 radical (unpaired) electrons. The highest BCUT2D eigenvalue weighted by Gasteiger charge is 2.38. The molecule has 2 aromatic rings. The van der Waals surface area contributed by atoms with Crippen LogP contribution in [-0.4, -0.2) is 68.8 Å². The van der Waals surface area contributed by atoms with Crippen molar-refractivity contribution in [3.8, 4) is 0 Å². The highest BCUT2D eigenvalue weighted by molar-refractivity contribution is 7.56. The molecule has 0 aliphatic carbocycles. The van der Waals surface area contributed by atoms with E-state index < -0.39 is 31.1 Å². The fourth-order valence-electron chi connectivity index (χ4n) is 3.46. The predicted molar refractivity (Wildman–Crippen MR) is 142 cm³/mol. The number of ether oxygens (including phenoxy) is 3. The molecular formula is C24H41N6O7P. The molecule has 2 aromatic heterocycles. The van der Waals surface area contributed by atoms with Gasteiger partial charge in [-0.05, 0) is 41.0 Å². The topological polar surface area (TPSA) is 170 Å². The predicted octanol–water partition coefficient (Wildman–Crippen LogP) is 3.42. The van der Waals surface area contributed by atoms with Gasteiger partial charge < -0.3 is 29.0 Å². The van der Waals surface area contributed by atoms with Gasteiger partial charge >= 0.3 is 11.9 Å². The summed E-state index contributed by atoms with van der Waals surface area (Å²) in [6.45, 7) is 10.8. The molecule has 13 nitrogen and oxygen atoms in total. The first-order chi connectivity index (χ1) is 17.9.